The summed E-state index contributed by atoms with van der Waals surface area (Å²) >= 11 is 0. The van der Waals surface area contributed by atoms with E-state index < -0.39 is 0 Å². The number of nitrogens with zero attached hydrogens (tertiary/aromatic N) is 1. The zero-order valence-corrected chi connectivity index (χ0v) is 13.7. The van der Waals surface area contributed by atoms with Crippen LogP contribution in [0.3, 0.4) is 0 Å². The number of H-pyrrole nitrogens is 1. The van der Waals surface area contributed by atoms with Gasteiger partial charge < -0.3 is 9.73 Å². The van der Waals surface area contributed by atoms with Crippen LogP contribution in [0, 0.1) is 13.8 Å². The zero-order valence-electron chi connectivity index (χ0n) is 13.7. The molecule has 3 aromatic rings. The average Bonchev–Trinajstić information content (AvgIpc) is 3.17. The first-order chi connectivity index (χ1) is 11.2. The van der Waals surface area contributed by atoms with Crippen LogP contribution in [0.4, 0.5) is 0 Å². The summed E-state index contributed by atoms with van der Waals surface area (Å²) in [6, 6.07) is 12.5. The molecule has 2 aromatic heterocycles. The summed E-state index contributed by atoms with van der Waals surface area (Å²) in [6.07, 6.45) is 4.05. The van der Waals surface area contributed by atoms with E-state index >= 15 is 0 Å². The van der Waals surface area contributed by atoms with Crippen molar-refractivity contribution in [3.8, 4) is 11.3 Å². The molecule has 0 radical (unpaired) electrons. The number of aryl methyl sites for hydroxylation is 3. The Kier molecular flexibility index (Phi) is 4.93. The van der Waals surface area contributed by atoms with E-state index in [1.54, 1.807) is 0 Å². The molecular formula is C19H23N3O. The molecule has 0 atom stereocenters. The Morgan fingerprint density at radius 3 is 2.65 bits per heavy atom. The molecule has 0 saturated carbocycles. The molecule has 4 heteroatoms. The second-order valence-electron chi connectivity index (χ2n) is 5.93. The molecule has 0 saturated heterocycles. The smallest absolute Gasteiger partial charge is 0.134 e. The molecule has 2 N–H and O–H groups in total. The molecular weight excluding hydrogens is 286 g/mol. The number of hydrogen-bond donors (Lipinski definition) is 2. The maximum atomic E-state index is 5.90. The van der Waals surface area contributed by atoms with Gasteiger partial charge in [-0.2, -0.15) is 5.10 Å². The summed E-state index contributed by atoms with van der Waals surface area (Å²) in [5.74, 6) is 1.90. The Bertz CT molecular complexity index is 740. The average molecular weight is 309 g/mol. The largest absolute Gasteiger partial charge is 0.460 e. The van der Waals surface area contributed by atoms with Crippen molar-refractivity contribution in [3.05, 3.63) is 65.2 Å². The van der Waals surface area contributed by atoms with Crippen LogP contribution in [0.15, 0.2) is 47.0 Å². The summed E-state index contributed by atoms with van der Waals surface area (Å²) in [6.45, 7) is 5.87. The Morgan fingerprint density at radius 2 is 1.91 bits per heavy atom. The molecule has 0 fully saturated rings. The minimum atomic E-state index is 0.760. The fourth-order valence-corrected chi connectivity index (χ4v) is 2.59. The molecule has 0 aliphatic rings. The van der Waals surface area contributed by atoms with E-state index in [0.717, 1.165) is 43.0 Å². The SMILES string of the molecule is Cc1ccc(-c2ccc(CNCCCc3cn[nH]c3C)o2)cc1. The Morgan fingerprint density at radius 1 is 1.09 bits per heavy atom. The van der Waals surface area contributed by atoms with Gasteiger partial charge in [-0.25, -0.2) is 0 Å². The quantitative estimate of drug-likeness (QED) is 0.648. The second kappa shape index (κ2) is 7.29. The van der Waals surface area contributed by atoms with Gasteiger partial charge in [0.2, 0.25) is 0 Å². The standard InChI is InChI=1S/C19H23N3O/c1-14-5-7-16(8-6-14)19-10-9-18(23-19)13-20-11-3-4-17-12-21-22-15(17)2/h5-10,12,20H,3-4,11,13H2,1-2H3,(H,21,22). The molecule has 0 spiro atoms. The van der Waals surface area contributed by atoms with Crippen molar-refractivity contribution < 1.29 is 4.42 Å². The van der Waals surface area contributed by atoms with Gasteiger partial charge in [-0.15, -0.1) is 0 Å². The minimum absolute atomic E-state index is 0.760. The summed E-state index contributed by atoms with van der Waals surface area (Å²) in [7, 11) is 0. The molecule has 0 unspecified atom stereocenters. The van der Waals surface area contributed by atoms with Gasteiger partial charge in [0, 0.05) is 11.3 Å². The van der Waals surface area contributed by atoms with Crippen molar-refractivity contribution >= 4 is 0 Å². The monoisotopic (exact) mass is 309 g/mol. The van der Waals surface area contributed by atoms with Crippen molar-refractivity contribution in [2.75, 3.05) is 6.54 Å². The van der Waals surface area contributed by atoms with Gasteiger partial charge in [-0.05, 0) is 50.9 Å². The lowest BCUT2D eigenvalue weighted by Crippen LogP contribution is -2.14. The lowest BCUT2D eigenvalue weighted by Gasteiger charge is -2.03. The normalized spacial score (nSPS) is 11.0. The van der Waals surface area contributed by atoms with Crippen molar-refractivity contribution in [1.29, 1.82) is 0 Å². The van der Waals surface area contributed by atoms with Crippen LogP contribution in [0.25, 0.3) is 11.3 Å². The van der Waals surface area contributed by atoms with Crippen LogP contribution in [-0.4, -0.2) is 16.7 Å². The molecule has 2 heterocycles. The van der Waals surface area contributed by atoms with E-state index in [9.17, 15) is 0 Å². The number of furan rings is 1. The molecule has 23 heavy (non-hydrogen) atoms. The van der Waals surface area contributed by atoms with Crippen LogP contribution in [0.1, 0.15) is 29.0 Å². The molecule has 0 bridgehead atoms. The highest BCUT2D eigenvalue weighted by molar-refractivity contribution is 5.57. The van der Waals surface area contributed by atoms with E-state index in [0.29, 0.717) is 0 Å². The molecule has 0 aliphatic heterocycles. The van der Waals surface area contributed by atoms with Gasteiger partial charge in [0.1, 0.15) is 11.5 Å². The number of aromatic nitrogens is 2. The van der Waals surface area contributed by atoms with E-state index in [2.05, 4.69) is 53.6 Å². The van der Waals surface area contributed by atoms with Crippen molar-refractivity contribution in [1.82, 2.24) is 15.5 Å². The highest BCUT2D eigenvalue weighted by Gasteiger charge is 2.05. The fourth-order valence-electron chi connectivity index (χ4n) is 2.59. The molecule has 0 amide bonds. The van der Waals surface area contributed by atoms with Gasteiger partial charge in [0.05, 0.1) is 12.7 Å². The summed E-state index contributed by atoms with van der Waals surface area (Å²) in [4.78, 5) is 0. The molecule has 3 rings (SSSR count). The van der Waals surface area contributed by atoms with Gasteiger partial charge in [0.25, 0.3) is 0 Å². The maximum Gasteiger partial charge on any atom is 0.134 e. The Balaban J connectivity index is 1.44. The summed E-state index contributed by atoms with van der Waals surface area (Å²) in [5.41, 5.74) is 4.84. The van der Waals surface area contributed by atoms with Crippen molar-refractivity contribution in [2.45, 2.75) is 33.2 Å². The van der Waals surface area contributed by atoms with Crippen LogP contribution >= 0.6 is 0 Å². The first-order valence-electron chi connectivity index (χ1n) is 8.07. The lowest BCUT2D eigenvalue weighted by molar-refractivity contribution is 0.491. The third-order valence-corrected chi connectivity index (χ3v) is 4.03. The number of rotatable bonds is 7. The number of aromatic amines is 1. The van der Waals surface area contributed by atoms with Gasteiger partial charge in [-0.3, -0.25) is 5.10 Å². The van der Waals surface area contributed by atoms with Crippen LogP contribution in [-0.2, 0) is 13.0 Å². The fraction of sp³-hybridized carbons (Fsp3) is 0.316. The van der Waals surface area contributed by atoms with Crippen LogP contribution in [0.2, 0.25) is 0 Å². The number of hydrogen-bond acceptors (Lipinski definition) is 3. The van der Waals surface area contributed by atoms with E-state index in [4.69, 9.17) is 4.42 Å². The van der Waals surface area contributed by atoms with E-state index in [-0.39, 0.29) is 0 Å². The van der Waals surface area contributed by atoms with Crippen molar-refractivity contribution in [3.63, 3.8) is 0 Å². The first kappa shape index (κ1) is 15.6. The van der Waals surface area contributed by atoms with Crippen LogP contribution < -0.4 is 5.32 Å². The summed E-state index contributed by atoms with van der Waals surface area (Å²) in [5, 5.41) is 10.4. The minimum Gasteiger partial charge on any atom is -0.460 e. The van der Waals surface area contributed by atoms with Gasteiger partial charge >= 0.3 is 0 Å². The number of nitrogens with one attached hydrogen (secondary N) is 2. The van der Waals surface area contributed by atoms with Gasteiger partial charge in [-0.1, -0.05) is 29.8 Å². The molecule has 1 aromatic carbocycles. The second-order valence-corrected chi connectivity index (χ2v) is 5.93. The Hall–Kier alpha value is -2.33. The third kappa shape index (κ3) is 4.11. The number of benzene rings is 1. The van der Waals surface area contributed by atoms with Crippen LogP contribution in [0.5, 0.6) is 0 Å². The molecule has 120 valence electrons. The topological polar surface area (TPSA) is 53.9 Å². The predicted molar refractivity (Wildman–Crippen MR) is 92.2 cm³/mol. The Labute approximate surface area is 136 Å². The zero-order chi connectivity index (χ0) is 16.1. The highest BCUT2D eigenvalue weighted by Crippen LogP contribution is 2.22. The molecule has 4 nitrogen and oxygen atoms in total. The first-order valence-corrected chi connectivity index (χ1v) is 8.07. The highest BCUT2D eigenvalue weighted by atomic mass is 16.3. The van der Waals surface area contributed by atoms with E-state index in [1.165, 1.54) is 16.8 Å². The maximum absolute atomic E-state index is 5.90. The molecule has 0 aliphatic carbocycles. The van der Waals surface area contributed by atoms with Gasteiger partial charge in [0.15, 0.2) is 0 Å². The van der Waals surface area contributed by atoms with E-state index in [1.807, 2.05) is 18.3 Å². The third-order valence-electron chi connectivity index (χ3n) is 4.03. The predicted octanol–water partition coefficient (Wildman–Crippen LogP) is 4.01. The lowest BCUT2D eigenvalue weighted by atomic mass is 10.1. The van der Waals surface area contributed by atoms with Crippen molar-refractivity contribution in [2.24, 2.45) is 0 Å². The summed E-state index contributed by atoms with van der Waals surface area (Å²) < 4.78 is 5.90.